The maximum absolute atomic E-state index is 12.5. The van der Waals surface area contributed by atoms with Gasteiger partial charge in [-0.05, 0) is 83.5 Å². The second kappa shape index (κ2) is 69.6. The Kier molecular flexibility index (Phi) is 67.9. The molecule has 3 N–H and O–H groups in total. The zero-order valence-electron chi connectivity index (χ0n) is 54.1. The molecule has 0 aliphatic carbocycles. The molecule has 0 fully saturated rings. The van der Waals surface area contributed by atoms with Crippen LogP contribution in [0, 0.1) is 0 Å². The van der Waals surface area contributed by atoms with Crippen molar-refractivity contribution in [2.45, 2.75) is 411 Å². The quantitative estimate of drug-likeness (QED) is 0.0320. The van der Waals surface area contributed by atoms with Crippen molar-refractivity contribution in [2.24, 2.45) is 0 Å². The first-order valence-corrected chi connectivity index (χ1v) is 36.2. The van der Waals surface area contributed by atoms with E-state index in [0.29, 0.717) is 25.9 Å². The Balaban J connectivity index is 3.37. The van der Waals surface area contributed by atoms with Crippen molar-refractivity contribution >= 4 is 11.9 Å². The SMILES string of the molecule is CCCCCC/C=C\C/C=C\CCCCCCCCCC(=O)OCCCCCCCCCCCCCC/C=C\CCCCCCCCCCCCCCC(=O)NC(CO)C(O)CCCCCCCCCCCCCCCCCCC. The molecule has 0 bridgehead atoms. The summed E-state index contributed by atoms with van der Waals surface area (Å²) in [4.78, 5) is 24.6. The van der Waals surface area contributed by atoms with E-state index in [9.17, 15) is 19.8 Å². The highest BCUT2D eigenvalue weighted by Crippen LogP contribution is 2.19. The molecule has 2 unspecified atom stereocenters. The molecule has 0 saturated heterocycles. The number of hydrogen-bond donors (Lipinski definition) is 3. The minimum atomic E-state index is -0.665. The summed E-state index contributed by atoms with van der Waals surface area (Å²) in [6.07, 6.45) is 89.1. The molecule has 0 aromatic rings. The minimum Gasteiger partial charge on any atom is -0.466 e. The van der Waals surface area contributed by atoms with Crippen LogP contribution in [0.2, 0.25) is 0 Å². The molecule has 0 rings (SSSR count). The second-order valence-corrected chi connectivity index (χ2v) is 24.9. The monoisotopic (exact) mass is 1120 g/mol. The van der Waals surface area contributed by atoms with Crippen molar-refractivity contribution in [1.82, 2.24) is 5.32 Å². The maximum Gasteiger partial charge on any atom is 0.305 e. The van der Waals surface area contributed by atoms with Crippen LogP contribution in [0.15, 0.2) is 36.5 Å². The number of amides is 1. The molecule has 0 heterocycles. The van der Waals surface area contributed by atoms with Crippen LogP contribution in [0.3, 0.4) is 0 Å². The lowest BCUT2D eigenvalue weighted by Crippen LogP contribution is -2.45. The Morgan fingerprint density at radius 2 is 0.625 bits per heavy atom. The fourth-order valence-electron chi connectivity index (χ4n) is 11.4. The lowest BCUT2D eigenvalue weighted by Gasteiger charge is -2.22. The molecule has 0 saturated carbocycles. The van der Waals surface area contributed by atoms with Crippen molar-refractivity contribution in [2.75, 3.05) is 13.2 Å². The number of nitrogens with one attached hydrogen (secondary N) is 1. The van der Waals surface area contributed by atoms with Gasteiger partial charge < -0.3 is 20.3 Å². The third-order valence-electron chi connectivity index (χ3n) is 16.9. The van der Waals surface area contributed by atoms with E-state index in [1.54, 1.807) is 0 Å². The van der Waals surface area contributed by atoms with E-state index in [1.165, 1.54) is 315 Å². The first-order chi connectivity index (χ1) is 39.5. The zero-order chi connectivity index (χ0) is 57.8. The van der Waals surface area contributed by atoms with Gasteiger partial charge in [0, 0.05) is 12.8 Å². The Bertz CT molecular complexity index is 1300. The van der Waals surface area contributed by atoms with E-state index < -0.39 is 12.1 Å². The van der Waals surface area contributed by atoms with Crippen LogP contribution in [0.25, 0.3) is 0 Å². The van der Waals surface area contributed by atoms with E-state index in [1.807, 2.05) is 0 Å². The van der Waals surface area contributed by atoms with Gasteiger partial charge in [0.1, 0.15) is 0 Å². The van der Waals surface area contributed by atoms with Crippen molar-refractivity contribution in [1.29, 1.82) is 0 Å². The van der Waals surface area contributed by atoms with Crippen molar-refractivity contribution in [3.63, 3.8) is 0 Å². The Hall–Kier alpha value is -1.92. The fourth-order valence-corrected chi connectivity index (χ4v) is 11.4. The van der Waals surface area contributed by atoms with Gasteiger partial charge in [-0.3, -0.25) is 9.59 Å². The molecule has 1 amide bonds. The molecule has 0 aromatic heterocycles. The van der Waals surface area contributed by atoms with Gasteiger partial charge in [-0.2, -0.15) is 0 Å². The normalized spacial score (nSPS) is 12.7. The summed E-state index contributed by atoms with van der Waals surface area (Å²) in [5.41, 5.74) is 0. The summed E-state index contributed by atoms with van der Waals surface area (Å²) < 4.78 is 5.50. The Labute approximate surface area is 500 Å². The molecule has 0 radical (unpaired) electrons. The van der Waals surface area contributed by atoms with Crippen LogP contribution in [0.1, 0.15) is 399 Å². The molecule has 0 aromatic carbocycles. The van der Waals surface area contributed by atoms with Crippen LogP contribution in [0.5, 0.6) is 0 Å². The highest BCUT2D eigenvalue weighted by atomic mass is 16.5. The van der Waals surface area contributed by atoms with Crippen LogP contribution in [0.4, 0.5) is 0 Å². The molecule has 472 valence electrons. The highest BCUT2D eigenvalue weighted by molar-refractivity contribution is 5.76. The number of aliphatic hydroxyl groups excluding tert-OH is 2. The zero-order valence-corrected chi connectivity index (χ0v) is 54.1. The van der Waals surface area contributed by atoms with Gasteiger partial charge in [0.15, 0.2) is 0 Å². The van der Waals surface area contributed by atoms with Gasteiger partial charge in [0.2, 0.25) is 5.91 Å². The molecular weight excluding hydrogens is 983 g/mol. The van der Waals surface area contributed by atoms with Gasteiger partial charge in [-0.15, -0.1) is 0 Å². The lowest BCUT2D eigenvalue weighted by molar-refractivity contribution is -0.143. The summed E-state index contributed by atoms with van der Waals surface area (Å²) in [7, 11) is 0. The summed E-state index contributed by atoms with van der Waals surface area (Å²) in [5, 5.41) is 23.4. The average Bonchev–Trinajstić information content (AvgIpc) is 3.46. The minimum absolute atomic E-state index is 0.00904. The van der Waals surface area contributed by atoms with Crippen LogP contribution < -0.4 is 5.32 Å². The summed E-state index contributed by atoms with van der Waals surface area (Å²) in [6.45, 7) is 4.97. The van der Waals surface area contributed by atoms with Crippen LogP contribution in [-0.2, 0) is 14.3 Å². The van der Waals surface area contributed by atoms with Gasteiger partial charge in [-0.1, -0.05) is 339 Å². The van der Waals surface area contributed by atoms with E-state index >= 15 is 0 Å². The summed E-state index contributed by atoms with van der Waals surface area (Å²) in [5.74, 6) is -0.0227. The smallest absolute Gasteiger partial charge is 0.305 e. The van der Waals surface area contributed by atoms with Gasteiger partial charge in [0.05, 0.1) is 25.4 Å². The number of ether oxygens (including phenoxy) is 1. The van der Waals surface area contributed by atoms with Crippen molar-refractivity contribution in [3.05, 3.63) is 36.5 Å². The number of rotatable bonds is 68. The third kappa shape index (κ3) is 65.2. The number of carbonyl (C=O) groups excluding carboxylic acids is 2. The molecule has 80 heavy (non-hydrogen) atoms. The molecule has 0 aliphatic heterocycles. The Morgan fingerprint density at radius 3 is 0.975 bits per heavy atom. The largest absolute Gasteiger partial charge is 0.466 e. The van der Waals surface area contributed by atoms with Gasteiger partial charge in [0.25, 0.3) is 0 Å². The number of hydrogen-bond acceptors (Lipinski definition) is 5. The maximum atomic E-state index is 12.5. The van der Waals surface area contributed by atoms with Crippen LogP contribution >= 0.6 is 0 Å². The number of aliphatic hydroxyl groups is 2. The van der Waals surface area contributed by atoms with E-state index in [-0.39, 0.29) is 18.5 Å². The van der Waals surface area contributed by atoms with Gasteiger partial charge >= 0.3 is 5.97 Å². The van der Waals surface area contributed by atoms with Gasteiger partial charge in [-0.25, -0.2) is 0 Å². The number of unbranched alkanes of at least 4 members (excludes halogenated alkanes) is 51. The first-order valence-electron chi connectivity index (χ1n) is 36.2. The average molecular weight is 1120 g/mol. The van der Waals surface area contributed by atoms with Crippen molar-refractivity contribution in [3.8, 4) is 0 Å². The molecule has 0 aliphatic rings. The first kappa shape index (κ1) is 78.1. The molecular formula is C74H141NO5. The topological polar surface area (TPSA) is 95.9 Å². The fraction of sp³-hybridized carbons (Fsp3) is 0.892. The molecule has 6 heteroatoms. The lowest BCUT2D eigenvalue weighted by atomic mass is 10.0. The highest BCUT2D eigenvalue weighted by Gasteiger charge is 2.20. The number of esters is 1. The Morgan fingerprint density at radius 1 is 0.350 bits per heavy atom. The summed E-state index contributed by atoms with van der Waals surface area (Å²) >= 11 is 0. The third-order valence-corrected chi connectivity index (χ3v) is 16.9. The molecule has 0 spiro atoms. The van der Waals surface area contributed by atoms with E-state index in [4.69, 9.17) is 4.74 Å². The number of carbonyl (C=O) groups is 2. The predicted molar refractivity (Wildman–Crippen MR) is 352 cm³/mol. The number of allylic oxidation sites excluding steroid dienone is 6. The second-order valence-electron chi connectivity index (χ2n) is 24.9. The molecule has 6 nitrogen and oxygen atoms in total. The standard InChI is InChI=1S/C74H141NO5/c1-3-5-7-9-11-13-15-17-19-21-36-40-44-48-52-56-60-64-68-74(79)80-69-65-61-57-53-49-45-41-37-33-31-29-27-25-23-22-24-26-28-30-32-35-39-43-47-51-55-59-63-67-73(78)75-71(70-76)72(77)66-62-58-54-50-46-42-38-34-20-18-16-14-12-10-8-6-4-2/h13,15,19,21-23,71-72,76-77H,3-12,14,16-18,20,24-70H2,1-2H3,(H,75,78)/b15-13-,21-19-,23-22-. The summed E-state index contributed by atoms with van der Waals surface area (Å²) in [6, 6.07) is -0.542. The van der Waals surface area contributed by atoms with E-state index in [2.05, 4.69) is 55.6 Å². The molecule has 2 atom stereocenters. The predicted octanol–water partition coefficient (Wildman–Crippen LogP) is 23.5. The van der Waals surface area contributed by atoms with Crippen LogP contribution in [-0.4, -0.2) is 47.4 Å². The van der Waals surface area contributed by atoms with Crippen molar-refractivity contribution < 1.29 is 24.5 Å². The van der Waals surface area contributed by atoms with E-state index in [0.717, 1.165) is 51.4 Å².